The van der Waals surface area contributed by atoms with Crippen molar-refractivity contribution in [2.75, 3.05) is 24.3 Å². The molecule has 0 aliphatic rings. The van der Waals surface area contributed by atoms with Gasteiger partial charge in [-0.25, -0.2) is 0 Å². The quantitative estimate of drug-likeness (QED) is 0.891. The zero-order valence-electron chi connectivity index (χ0n) is 11.1. The topological polar surface area (TPSA) is 28.2 Å². The largest absolute Gasteiger partial charge is 0.378 e. The van der Waals surface area contributed by atoms with E-state index in [1.54, 1.807) is 0 Å². The highest BCUT2D eigenvalue weighted by molar-refractivity contribution is 5.68. The molecule has 94 valence electrons. The van der Waals surface area contributed by atoms with E-state index >= 15 is 0 Å². The molecular weight excluding hydrogens is 222 g/mol. The number of aryl methyl sites for hydroxylation is 1. The van der Waals surface area contributed by atoms with Gasteiger partial charge in [-0.15, -0.1) is 0 Å². The third-order valence-electron chi connectivity index (χ3n) is 2.88. The highest BCUT2D eigenvalue weighted by Gasteiger charge is 2.03. The fraction of sp³-hybridized carbons (Fsp3) is 0.267. The lowest BCUT2D eigenvalue weighted by Gasteiger charge is -2.17. The van der Waals surface area contributed by atoms with Crippen LogP contribution in [0.3, 0.4) is 0 Å². The van der Waals surface area contributed by atoms with E-state index < -0.39 is 0 Å². The van der Waals surface area contributed by atoms with Gasteiger partial charge >= 0.3 is 0 Å². The van der Waals surface area contributed by atoms with Crippen molar-refractivity contribution in [3.8, 4) is 0 Å². The molecule has 1 aromatic heterocycles. The molecule has 0 bridgehead atoms. The van der Waals surface area contributed by atoms with E-state index in [1.165, 1.54) is 11.1 Å². The van der Waals surface area contributed by atoms with Crippen LogP contribution in [0.15, 0.2) is 42.7 Å². The number of nitrogens with one attached hydrogen (secondary N) is 1. The zero-order valence-corrected chi connectivity index (χ0v) is 11.1. The predicted octanol–water partition coefficient (Wildman–Crippen LogP) is 3.07. The monoisotopic (exact) mass is 241 g/mol. The molecule has 0 radical (unpaired) electrons. The normalized spacial score (nSPS) is 10.2. The minimum absolute atomic E-state index is 0.812. The van der Waals surface area contributed by atoms with Crippen LogP contribution >= 0.6 is 0 Å². The standard InChI is InChI=1S/C15H19N3/c1-12-4-6-13(7-5-12)10-17-14-11-16-9-8-15(14)18(2)3/h4-9,11,17H,10H2,1-3H3. The minimum Gasteiger partial charge on any atom is -0.378 e. The van der Waals surface area contributed by atoms with Crippen molar-refractivity contribution < 1.29 is 0 Å². The van der Waals surface area contributed by atoms with Crippen molar-refractivity contribution in [1.29, 1.82) is 0 Å². The van der Waals surface area contributed by atoms with Crippen LogP contribution in [0.2, 0.25) is 0 Å². The number of hydrogen-bond acceptors (Lipinski definition) is 3. The molecule has 1 aromatic carbocycles. The molecule has 0 aliphatic heterocycles. The van der Waals surface area contributed by atoms with Crippen LogP contribution in [-0.4, -0.2) is 19.1 Å². The van der Waals surface area contributed by atoms with E-state index in [2.05, 4.69) is 46.4 Å². The minimum atomic E-state index is 0.812. The van der Waals surface area contributed by atoms with Gasteiger partial charge in [0.2, 0.25) is 0 Å². The smallest absolute Gasteiger partial charge is 0.0766 e. The van der Waals surface area contributed by atoms with Gasteiger partial charge in [0, 0.05) is 26.8 Å². The second-order valence-electron chi connectivity index (χ2n) is 4.63. The Bertz CT molecular complexity index is 503. The van der Waals surface area contributed by atoms with Crippen LogP contribution in [0.25, 0.3) is 0 Å². The number of anilines is 2. The summed E-state index contributed by atoms with van der Waals surface area (Å²) < 4.78 is 0. The SMILES string of the molecule is Cc1ccc(CNc2cnccc2N(C)C)cc1. The van der Waals surface area contributed by atoms with E-state index in [4.69, 9.17) is 0 Å². The molecule has 0 fully saturated rings. The van der Waals surface area contributed by atoms with Gasteiger partial charge in [-0.2, -0.15) is 0 Å². The third kappa shape index (κ3) is 3.00. The number of hydrogen-bond donors (Lipinski definition) is 1. The maximum Gasteiger partial charge on any atom is 0.0766 e. The number of benzene rings is 1. The van der Waals surface area contributed by atoms with Crippen LogP contribution < -0.4 is 10.2 Å². The van der Waals surface area contributed by atoms with Gasteiger partial charge in [0.25, 0.3) is 0 Å². The molecule has 2 aromatic rings. The molecule has 1 N–H and O–H groups in total. The second kappa shape index (κ2) is 5.54. The van der Waals surface area contributed by atoms with Crippen LogP contribution in [0.1, 0.15) is 11.1 Å². The Morgan fingerprint density at radius 2 is 1.83 bits per heavy atom. The molecule has 0 saturated heterocycles. The van der Waals surface area contributed by atoms with Gasteiger partial charge in [0.15, 0.2) is 0 Å². The predicted molar refractivity (Wildman–Crippen MR) is 77.1 cm³/mol. The summed E-state index contributed by atoms with van der Waals surface area (Å²) in [4.78, 5) is 6.25. The number of pyridine rings is 1. The lowest BCUT2D eigenvalue weighted by molar-refractivity contribution is 1.08. The van der Waals surface area contributed by atoms with Gasteiger partial charge in [0.05, 0.1) is 17.6 Å². The highest BCUT2D eigenvalue weighted by Crippen LogP contribution is 2.22. The van der Waals surface area contributed by atoms with Crippen molar-refractivity contribution in [3.63, 3.8) is 0 Å². The summed E-state index contributed by atoms with van der Waals surface area (Å²) in [6.45, 7) is 2.91. The lowest BCUT2D eigenvalue weighted by Crippen LogP contribution is -2.12. The van der Waals surface area contributed by atoms with Gasteiger partial charge in [-0.05, 0) is 18.6 Å². The van der Waals surface area contributed by atoms with Gasteiger partial charge in [-0.3, -0.25) is 4.98 Å². The number of aromatic nitrogens is 1. The first kappa shape index (κ1) is 12.4. The van der Waals surface area contributed by atoms with Gasteiger partial charge in [-0.1, -0.05) is 29.8 Å². The summed E-state index contributed by atoms with van der Waals surface area (Å²) >= 11 is 0. The molecule has 0 amide bonds. The van der Waals surface area contributed by atoms with Crippen molar-refractivity contribution >= 4 is 11.4 Å². The summed E-state index contributed by atoms with van der Waals surface area (Å²) in [5.74, 6) is 0. The number of rotatable bonds is 4. The van der Waals surface area contributed by atoms with Crippen LogP contribution in [0.5, 0.6) is 0 Å². The maximum absolute atomic E-state index is 4.16. The van der Waals surface area contributed by atoms with Crippen molar-refractivity contribution in [2.24, 2.45) is 0 Å². The molecular formula is C15H19N3. The van der Waals surface area contributed by atoms with E-state index in [9.17, 15) is 0 Å². The summed E-state index contributed by atoms with van der Waals surface area (Å²) in [5, 5.41) is 3.43. The summed E-state index contributed by atoms with van der Waals surface area (Å²) in [6, 6.07) is 10.6. The maximum atomic E-state index is 4.16. The molecule has 3 heteroatoms. The first-order valence-electron chi connectivity index (χ1n) is 6.07. The van der Waals surface area contributed by atoms with Crippen molar-refractivity contribution in [3.05, 3.63) is 53.9 Å². The molecule has 3 nitrogen and oxygen atoms in total. The molecule has 2 rings (SSSR count). The third-order valence-corrected chi connectivity index (χ3v) is 2.88. The second-order valence-corrected chi connectivity index (χ2v) is 4.63. The molecule has 0 unspecified atom stereocenters. The van der Waals surface area contributed by atoms with Gasteiger partial charge in [0.1, 0.15) is 0 Å². The Balaban J connectivity index is 2.08. The molecule has 0 spiro atoms. The van der Waals surface area contributed by atoms with Gasteiger partial charge < -0.3 is 10.2 Å². The molecule has 0 atom stereocenters. The van der Waals surface area contributed by atoms with Crippen molar-refractivity contribution in [2.45, 2.75) is 13.5 Å². The highest BCUT2D eigenvalue weighted by atomic mass is 15.1. The van der Waals surface area contributed by atoms with E-state index in [1.807, 2.05) is 32.6 Å². The summed E-state index contributed by atoms with van der Waals surface area (Å²) in [6.07, 6.45) is 3.68. The zero-order chi connectivity index (χ0) is 13.0. The summed E-state index contributed by atoms with van der Waals surface area (Å²) in [7, 11) is 4.07. The Kier molecular flexibility index (Phi) is 3.82. The first-order valence-corrected chi connectivity index (χ1v) is 6.07. The van der Waals surface area contributed by atoms with Crippen LogP contribution in [0, 0.1) is 6.92 Å². The van der Waals surface area contributed by atoms with Crippen LogP contribution in [0.4, 0.5) is 11.4 Å². The Morgan fingerprint density at radius 3 is 2.50 bits per heavy atom. The Hall–Kier alpha value is -2.03. The molecule has 18 heavy (non-hydrogen) atoms. The first-order chi connectivity index (χ1) is 8.66. The molecule has 1 heterocycles. The number of nitrogens with zero attached hydrogens (tertiary/aromatic N) is 2. The van der Waals surface area contributed by atoms with E-state index in [0.717, 1.165) is 17.9 Å². The fourth-order valence-corrected chi connectivity index (χ4v) is 1.82. The van der Waals surface area contributed by atoms with E-state index in [0.29, 0.717) is 0 Å². The Labute approximate surface area is 108 Å². The fourth-order valence-electron chi connectivity index (χ4n) is 1.82. The molecule has 0 saturated carbocycles. The van der Waals surface area contributed by atoms with Crippen molar-refractivity contribution in [1.82, 2.24) is 4.98 Å². The average molecular weight is 241 g/mol. The molecule has 0 aliphatic carbocycles. The van der Waals surface area contributed by atoms with E-state index in [-0.39, 0.29) is 0 Å². The summed E-state index contributed by atoms with van der Waals surface area (Å²) in [5.41, 5.74) is 4.77. The van der Waals surface area contributed by atoms with Crippen LogP contribution in [-0.2, 0) is 6.54 Å². The lowest BCUT2D eigenvalue weighted by atomic mass is 10.1. The average Bonchev–Trinajstić information content (AvgIpc) is 2.38. The Morgan fingerprint density at radius 1 is 1.11 bits per heavy atom.